The van der Waals surface area contributed by atoms with E-state index in [-0.39, 0.29) is 5.66 Å². The van der Waals surface area contributed by atoms with E-state index >= 15 is 0 Å². The molecule has 1 heterocycles. The molecule has 1 aliphatic heterocycles. The smallest absolute Gasteiger partial charge is 0.152 e. The third kappa shape index (κ3) is 3.72. The Hall–Kier alpha value is -1.64. The van der Waals surface area contributed by atoms with Gasteiger partial charge in [-0.25, -0.2) is 4.99 Å². The maximum Gasteiger partial charge on any atom is 0.152 e. The first-order valence-corrected chi connectivity index (χ1v) is 8.22. The zero-order valence-electron chi connectivity index (χ0n) is 12.7. The Bertz CT molecular complexity index is 525. The molecule has 3 nitrogen and oxygen atoms in total. The lowest BCUT2D eigenvalue weighted by Gasteiger charge is -2.34. The van der Waals surface area contributed by atoms with Crippen molar-refractivity contribution in [1.82, 2.24) is 0 Å². The Morgan fingerprint density at radius 2 is 1.71 bits per heavy atom. The zero-order chi connectivity index (χ0) is 14.5. The van der Waals surface area contributed by atoms with Crippen LogP contribution in [0.4, 0.5) is 0 Å². The summed E-state index contributed by atoms with van der Waals surface area (Å²) in [5, 5.41) is 0. The highest BCUT2D eigenvalue weighted by molar-refractivity contribution is 6.04. The van der Waals surface area contributed by atoms with Crippen LogP contribution in [0.2, 0.25) is 0 Å². The van der Waals surface area contributed by atoms with Gasteiger partial charge in [0.2, 0.25) is 0 Å². The van der Waals surface area contributed by atoms with E-state index in [0.29, 0.717) is 0 Å². The molecule has 1 aromatic carbocycles. The highest BCUT2D eigenvalue weighted by Gasteiger charge is 2.33. The van der Waals surface area contributed by atoms with Crippen LogP contribution in [-0.4, -0.2) is 17.2 Å². The molecular weight excluding hydrogens is 258 g/mol. The van der Waals surface area contributed by atoms with E-state index in [1.807, 2.05) is 0 Å². The third-order valence-corrected chi connectivity index (χ3v) is 4.53. The lowest BCUT2D eigenvalue weighted by molar-refractivity contribution is 0.307. The molecule has 0 atom stereocenters. The van der Waals surface area contributed by atoms with Crippen molar-refractivity contribution in [2.45, 2.75) is 63.5 Å². The van der Waals surface area contributed by atoms with Crippen molar-refractivity contribution < 1.29 is 0 Å². The molecule has 112 valence electrons. The number of hydrogen-bond donors (Lipinski definition) is 1. The molecule has 3 heteroatoms. The first kappa shape index (κ1) is 14.3. The molecule has 0 unspecified atom stereocenters. The second-order valence-corrected chi connectivity index (χ2v) is 6.34. The van der Waals surface area contributed by atoms with Crippen LogP contribution in [0.1, 0.15) is 56.9 Å². The van der Waals surface area contributed by atoms with Crippen LogP contribution < -0.4 is 5.73 Å². The molecule has 0 bridgehead atoms. The molecule has 1 aliphatic carbocycles. The molecule has 0 radical (unpaired) electrons. The standard InChI is InChI=1S/C18H25N3/c19-17-14-16(11-7-10-15-8-3-1-4-9-15)20-18(21-17)12-5-2-6-13-18/h1,3-4,8-9H,2,5-7,10-14H2,(H2,19,21). The summed E-state index contributed by atoms with van der Waals surface area (Å²) in [6, 6.07) is 10.7. The van der Waals surface area contributed by atoms with E-state index in [4.69, 9.17) is 15.7 Å². The van der Waals surface area contributed by atoms with Gasteiger partial charge in [0.25, 0.3) is 0 Å². The molecular formula is C18H25N3. The average Bonchev–Trinajstić information content (AvgIpc) is 2.48. The van der Waals surface area contributed by atoms with Gasteiger partial charge in [0.15, 0.2) is 5.66 Å². The van der Waals surface area contributed by atoms with Crippen LogP contribution in [0.15, 0.2) is 40.3 Å². The quantitative estimate of drug-likeness (QED) is 0.896. The van der Waals surface area contributed by atoms with E-state index in [9.17, 15) is 0 Å². The van der Waals surface area contributed by atoms with Gasteiger partial charge in [-0.1, -0.05) is 36.8 Å². The third-order valence-electron chi connectivity index (χ3n) is 4.53. The van der Waals surface area contributed by atoms with Gasteiger partial charge >= 0.3 is 0 Å². The molecule has 1 spiro atoms. The first-order valence-electron chi connectivity index (χ1n) is 8.22. The van der Waals surface area contributed by atoms with Gasteiger partial charge in [0, 0.05) is 12.1 Å². The minimum Gasteiger partial charge on any atom is -0.387 e. The highest BCUT2D eigenvalue weighted by atomic mass is 15.1. The Balaban J connectivity index is 1.60. The second kappa shape index (κ2) is 6.42. The van der Waals surface area contributed by atoms with Crippen molar-refractivity contribution in [2.75, 3.05) is 0 Å². The molecule has 1 saturated carbocycles. The number of aryl methyl sites for hydroxylation is 1. The SMILES string of the molecule is NC1=NC2(CCCCC2)N=C(CCCc2ccccc2)C1. The second-order valence-electron chi connectivity index (χ2n) is 6.34. The average molecular weight is 283 g/mol. The summed E-state index contributed by atoms with van der Waals surface area (Å²) in [4.78, 5) is 9.70. The number of benzene rings is 1. The molecule has 0 aromatic heterocycles. The minimum absolute atomic E-state index is 0.192. The van der Waals surface area contributed by atoms with E-state index in [1.165, 1.54) is 30.5 Å². The maximum atomic E-state index is 6.08. The maximum absolute atomic E-state index is 6.08. The van der Waals surface area contributed by atoms with Crippen molar-refractivity contribution in [3.05, 3.63) is 35.9 Å². The fraction of sp³-hybridized carbons (Fsp3) is 0.556. The van der Waals surface area contributed by atoms with Crippen LogP contribution in [-0.2, 0) is 6.42 Å². The van der Waals surface area contributed by atoms with Crippen LogP contribution in [0.3, 0.4) is 0 Å². The van der Waals surface area contributed by atoms with Crippen molar-refractivity contribution in [1.29, 1.82) is 0 Å². The molecule has 1 aromatic rings. The van der Waals surface area contributed by atoms with E-state index in [0.717, 1.165) is 44.4 Å². The monoisotopic (exact) mass is 283 g/mol. The van der Waals surface area contributed by atoms with Crippen LogP contribution in [0.25, 0.3) is 0 Å². The van der Waals surface area contributed by atoms with Crippen LogP contribution >= 0.6 is 0 Å². The fourth-order valence-electron chi connectivity index (χ4n) is 3.50. The van der Waals surface area contributed by atoms with Crippen molar-refractivity contribution in [3.8, 4) is 0 Å². The summed E-state index contributed by atoms with van der Waals surface area (Å²) in [6.07, 6.45) is 10.0. The number of nitrogens with zero attached hydrogens (tertiary/aromatic N) is 2. The lowest BCUT2D eigenvalue weighted by atomic mass is 9.88. The zero-order valence-corrected chi connectivity index (χ0v) is 12.7. The Labute approximate surface area is 127 Å². The van der Waals surface area contributed by atoms with Gasteiger partial charge in [-0.2, -0.15) is 0 Å². The highest BCUT2D eigenvalue weighted by Crippen LogP contribution is 2.35. The van der Waals surface area contributed by atoms with Gasteiger partial charge in [-0.05, 0) is 50.5 Å². The number of nitrogens with two attached hydrogens (primary N) is 1. The minimum atomic E-state index is -0.192. The number of rotatable bonds is 4. The summed E-state index contributed by atoms with van der Waals surface area (Å²) in [5.41, 5.74) is 8.56. The van der Waals surface area contributed by atoms with Crippen molar-refractivity contribution in [2.24, 2.45) is 15.7 Å². The summed E-state index contributed by atoms with van der Waals surface area (Å²) >= 11 is 0. The van der Waals surface area contributed by atoms with Crippen molar-refractivity contribution in [3.63, 3.8) is 0 Å². The first-order chi connectivity index (χ1) is 10.3. The van der Waals surface area contributed by atoms with Crippen LogP contribution in [0, 0.1) is 0 Å². The predicted molar refractivity (Wildman–Crippen MR) is 88.9 cm³/mol. The predicted octanol–water partition coefficient (Wildman–Crippen LogP) is 3.87. The van der Waals surface area contributed by atoms with E-state index in [2.05, 4.69) is 30.3 Å². The summed E-state index contributed by atoms with van der Waals surface area (Å²) < 4.78 is 0. The molecule has 2 N–H and O–H groups in total. The summed E-state index contributed by atoms with van der Waals surface area (Å²) in [7, 11) is 0. The summed E-state index contributed by atoms with van der Waals surface area (Å²) in [6.45, 7) is 0. The van der Waals surface area contributed by atoms with E-state index in [1.54, 1.807) is 0 Å². The van der Waals surface area contributed by atoms with Gasteiger partial charge in [-0.3, -0.25) is 4.99 Å². The number of hydrogen-bond acceptors (Lipinski definition) is 3. The molecule has 0 saturated heterocycles. The molecule has 3 rings (SSSR count). The molecule has 0 amide bonds. The largest absolute Gasteiger partial charge is 0.387 e. The Kier molecular flexibility index (Phi) is 4.37. The van der Waals surface area contributed by atoms with Crippen LogP contribution in [0.5, 0.6) is 0 Å². The lowest BCUT2D eigenvalue weighted by Crippen LogP contribution is -2.36. The van der Waals surface area contributed by atoms with Crippen molar-refractivity contribution >= 4 is 11.5 Å². The molecule has 2 aliphatic rings. The van der Waals surface area contributed by atoms with Gasteiger partial charge < -0.3 is 5.73 Å². The molecule has 21 heavy (non-hydrogen) atoms. The summed E-state index contributed by atoms with van der Waals surface area (Å²) in [5.74, 6) is 0.793. The Morgan fingerprint density at radius 3 is 2.48 bits per heavy atom. The normalized spacial score (nSPS) is 21.0. The van der Waals surface area contributed by atoms with Gasteiger partial charge in [0.05, 0.1) is 0 Å². The fourth-order valence-corrected chi connectivity index (χ4v) is 3.50. The van der Waals surface area contributed by atoms with Gasteiger partial charge in [-0.15, -0.1) is 0 Å². The van der Waals surface area contributed by atoms with E-state index < -0.39 is 0 Å². The topological polar surface area (TPSA) is 50.7 Å². The molecule has 1 fully saturated rings. The Morgan fingerprint density at radius 1 is 0.952 bits per heavy atom. The van der Waals surface area contributed by atoms with Gasteiger partial charge in [0.1, 0.15) is 5.84 Å². The number of aliphatic imine (C=N–C) groups is 2. The number of amidine groups is 1.